The fourth-order valence-electron chi connectivity index (χ4n) is 4.12. The van der Waals surface area contributed by atoms with Crippen LogP contribution >= 0.6 is 0 Å². The highest BCUT2D eigenvalue weighted by molar-refractivity contribution is 7.92. The lowest BCUT2D eigenvalue weighted by Gasteiger charge is -2.32. The number of sulfonamides is 1. The maximum absolute atomic E-state index is 13.8. The van der Waals surface area contributed by atoms with E-state index in [0.29, 0.717) is 12.1 Å². The largest absolute Gasteiger partial charge is 0.352 e. The molecule has 3 aromatic rings. The van der Waals surface area contributed by atoms with E-state index in [4.69, 9.17) is 0 Å². The minimum Gasteiger partial charge on any atom is -0.352 e. The third-order valence-electron chi connectivity index (χ3n) is 6.26. The predicted molar refractivity (Wildman–Crippen MR) is 151 cm³/mol. The van der Waals surface area contributed by atoms with Gasteiger partial charge < -0.3 is 10.2 Å². The topological polar surface area (TPSA) is 86.8 Å². The van der Waals surface area contributed by atoms with Crippen molar-refractivity contribution < 1.29 is 18.0 Å². The molecule has 0 aliphatic rings. The molecule has 1 N–H and O–H groups in total. The quantitative estimate of drug-likeness (QED) is 0.392. The Morgan fingerprint density at radius 1 is 0.842 bits per heavy atom. The molecule has 202 valence electrons. The summed E-state index contributed by atoms with van der Waals surface area (Å²) in [6, 6.07) is 22.4. The number of nitrogens with one attached hydrogen (secondary N) is 1. The van der Waals surface area contributed by atoms with Crippen LogP contribution in [0.2, 0.25) is 0 Å². The van der Waals surface area contributed by atoms with Crippen LogP contribution in [0.3, 0.4) is 0 Å². The van der Waals surface area contributed by atoms with Gasteiger partial charge in [0.25, 0.3) is 10.0 Å². The number of aryl methyl sites for hydroxylation is 2. The molecule has 0 radical (unpaired) electrons. The number of hydrogen-bond acceptors (Lipinski definition) is 4. The molecule has 0 fully saturated rings. The van der Waals surface area contributed by atoms with Crippen LogP contribution in [0.15, 0.2) is 83.8 Å². The predicted octanol–water partition coefficient (Wildman–Crippen LogP) is 4.48. The number of nitrogens with zero attached hydrogens (tertiary/aromatic N) is 2. The van der Waals surface area contributed by atoms with Gasteiger partial charge in [0.05, 0.1) is 10.6 Å². The molecule has 3 aromatic carbocycles. The van der Waals surface area contributed by atoms with E-state index in [2.05, 4.69) is 5.32 Å². The number of benzene rings is 3. The molecular weight excluding hydrogens is 498 g/mol. The van der Waals surface area contributed by atoms with Crippen molar-refractivity contribution >= 4 is 27.5 Å². The van der Waals surface area contributed by atoms with Gasteiger partial charge in [-0.15, -0.1) is 0 Å². The van der Waals surface area contributed by atoms with E-state index in [0.717, 1.165) is 21.0 Å². The normalized spacial score (nSPS) is 12.2. The Bertz CT molecular complexity index is 1340. The van der Waals surface area contributed by atoms with E-state index >= 15 is 0 Å². The maximum Gasteiger partial charge on any atom is 0.264 e. The lowest BCUT2D eigenvalue weighted by Crippen LogP contribution is -2.53. The van der Waals surface area contributed by atoms with E-state index in [9.17, 15) is 18.0 Å². The van der Waals surface area contributed by atoms with Crippen LogP contribution in [0.4, 0.5) is 5.69 Å². The van der Waals surface area contributed by atoms with Gasteiger partial charge in [0, 0.05) is 12.6 Å². The number of carbonyl (C=O) groups is 2. The summed E-state index contributed by atoms with van der Waals surface area (Å²) in [4.78, 5) is 28.3. The van der Waals surface area contributed by atoms with Crippen LogP contribution in [0.1, 0.15) is 37.5 Å². The lowest BCUT2D eigenvalue weighted by molar-refractivity contribution is -0.139. The molecule has 0 bridgehead atoms. The Labute approximate surface area is 226 Å². The van der Waals surface area contributed by atoms with Crippen molar-refractivity contribution in [3.8, 4) is 0 Å². The van der Waals surface area contributed by atoms with Crippen LogP contribution in [-0.4, -0.2) is 50.3 Å². The monoisotopic (exact) mass is 535 g/mol. The van der Waals surface area contributed by atoms with Gasteiger partial charge in [0.15, 0.2) is 0 Å². The number of carbonyl (C=O) groups excluding carboxylic acids is 2. The highest BCUT2D eigenvalue weighted by Crippen LogP contribution is 2.25. The average molecular weight is 536 g/mol. The Kier molecular flexibility index (Phi) is 9.69. The first-order valence-corrected chi connectivity index (χ1v) is 14.2. The first-order chi connectivity index (χ1) is 18.0. The summed E-state index contributed by atoms with van der Waals surface area (Å²) < 4.78 is 28.8. The SMILES string of the molecule is Cc1ccc(S(=O)(=O)N(CC(=O)N(CCc2ccccc2)[C@H](C)C(=O)NC(C)C)c2cccc(C)c2)cc1. The van der Waals surface area contributed by atoms with Crippen molar-refractivity contribution in [2.24, 2.45) is 0 Å². The summed E-state index contributed by atoms with van der Waals surface area (Å²) in [6.45, 7) is 8.96. The van der Waals surface area contributed by atoms with Crippen LogP contribution in [0.5, 0.6) is 0 Å². The summed E-state index contributed by atoms with van der Waals surface area (Å²) in [5.41, 5.74) is 3.20. The van der Waals surface area contributed by atoms with E-state index < -0.39 is 28.5 Å². The van der Waals surface area contributed by atoms with Crippen molar-refractivity contribution in [3.63, 3.8) is 0 Å². The summed E-state index contributed by atoms with van der Waals surface area (Å²) in [6.07, 6.45) is 0.529. The van der Waals surface area contributed by atoms with E-state index in [1.165, 1.54) is 4.90 Å². The molecule has 0 spiro atoms. The standard InChI is InChI=1S/C30H37N3O4S/c1-22(2)31-30(35)25(5)32(19-18-26-11-7-6-8-12-26)29(34)21-33(27-13-9-10-24(4)20-27)38(36,37)28-16-14-23(3)15-17-28/h6-17,20,22,25H,18-19,21H2,1-5H3,(H,31,35)/t25-/m1/s1. The second kappa shape index (κ2) is 12.7. The second-order valence-electron chi connectivity index (χ2n) is 9.83. The molecule has 0 aliphatic carbocycles. The van der Waals surface area contributed by atoms with Crippen LogP contribution in [0, 0.1) is 13.8 Å². The highest BCUT2D eigenvalue weighted by atomic mass is 32.2. The molecular formula is C30H37N3O4S. The first kappa shape index (κ1) is 28.9. The molecule has 0 unspecified atom stereocenters. The van der Waals surface area contributed by atoms with Gasteiger partial charge in [-0.2, -0.15) is 0 Å². The van der Waals surface area contributed by atoms with Crippen molar-refractivity contribution in [3.05, 3.63) is 95.6 Å². The van der Waals surface area contributed by atoms with Gasteiger partial charge in [-0.1, -0.05) is 60.2 Å². The Morgan fingerprint density at radius 2 is 1.50 bits per heavy atom. The van der Waals surface area contributed by atoms with Crippen LogP contribution in [0.25, 0.3) is 0 Å². The van der Waals surface area contributed by atoms with E-state index in [1.807, 2.05) is 64.1 Å². The minimum absolute atomic E-state index is 0.0956. The third-order valence-corrected chi connectivity index (χ3v) is 8.05. The zero-order chi connectivity index (χ0) is 27.9. The molecule has 0 aromatic heterocycles. The second-order valence-corrected chi connectivity index (χ2v) is 11.7. The van der Waals surface area contributed by atoms with Crippen molar-refractivity contribution in [2.75, 3.05) is 17.4 Å². The molecule has 1 atom stereocenters. The van der Waals surface area contributed by atoms with Crippen molar-refractivity contribution in [1.82, 2.24) is 10.2 Å². The van der Waals surface area contributed by atoms with Crippen LogP contribution < -0.4 is 9.62 Å². The Balaban J connectivity index is 1.98. The summed E-state index contributed by atoms with van der Waals surface area (Å²) >= 11 is 0. The van der Waals surface area contributed by atoms with Crippen molar-refractivity contribution in [2.45, 2.75) is 58.0 Å². The fourth-order valence-corrected chi connectivity index (χ4v) is 5.53. The van der Waals surface area contributed by atoms with Gasteiger partial charge in [-0.05, 0) is 76.4 Å². The average Bonchev–Trinajstić information content (AvgIpc) is 2.87. The maximum atomic E-state index is 13.8. The van der Waals surface area contributed by atoms with Gasteiger partial charge >= 0.3 is 0 Å². The zero-order valence-corrected chi connectivity index (χ0v) is 23.5. The number of anilines is 1. The summed E-state index contributed by atoms with van der Waals surface area (Å²) in [5.74, 6) is -0.741. The highest BCUT2D eigenvalue weighted by Gasteiger charge is 2.32. The lowest BCUT2D eigenvalue weighted by atomic mass is 10.1. The molecule has 3 rings (SSSR count). The van der Waals surface area contributed by atoms with Gasteiger partial charge in [-0.3, -0.25) is 13.9 Å². The van der Waals surface area contributed by atoms with Gasteiger partial charge in [0.1, 0.15) is 12.6 Å². The molecule has 38 heavy (non-hydrogen) atoms. The third kappa shape index (κ3) is 7.44. The zero-order valence-electron chi connectivity index (χ0n) is 22.7. The molecule has 7 nitrogen and oxygen atoms in total. The fraction of sp³-hybridized carbons (Fsp3) is 0.333. The molecule has 0 heterocycles. The smallest absolute Gasteiger partial charge is 0.264 e. The van der Waals surface area contributed by atoms with Gasteiger partial charge in [-0.25, -0.2) is 8.42 Å². The molecule has 0 aliphatic heterocycles. The minimum atomic E-state index is -4.06. The molecule has 0 saturated carbocycles. The number of rotatable bonds is 11. The summed E-state index contributed by atoms with van der Waals surface area (Å²) in [7, 11) is -4.06. The van der Waals surface area contributed by atoms with Crippen molar-refractivity contribution in [1.29, 1.82) is 0 Å². The number of hydrogen-bond donors (Lipinski definition) is 1. The number of amides is 2. The van der Waals surface area contributed by atoms with Gasteiger partial charge in [0.2, 0.25) is 11.8 Å². The van der Waals surface area contributed by atoms with Crippen LogP contribution in [-0.2, 0) is 26.0 Å². The summed E-state index contributed by atoms with van der Waals surface area (Å²) in [5, 5.41) is 2.87. The molecule has 2 amide bonds. The Morgan fingerprint density at radius 3 is 2.11 bits per heavy atom. The Hall–Kier alpha value is -3.65. The van der Waals surface area contributed by atoms with E-state index in [-0.39, 0.29) is 23.4 Å². The molecule has 8 heteroatoms. The van der Waals surface area contributed by atoms with E-state index in [1.54, 1.807) is 49.4 Å². The first-order valence-electron chi connectivity index (χ1n) is 12.8. The molecule has 0 saturated heterocycles.